The van der Waals surface area contributed by atoms with Gasteiger partial charge in [0.05, 0.1) is 18.2 Å². The van der Waals surface area contributed by atoms with Gasteiger partial charge in [0, 0.05) is 0 Å². The highest BCUT2D eigenvalue weighted by molar-refractivity contribution is 5.71. The fourth-order valence-corrected chi connectivity index (χ4v) is 2.12. The first-order chi connectivity index (χ1) is 9.85. The number of hydrogen-bond acceptors (Lipinski definition) is 2. The molecule has 0 radical (unpaired) electrons. The quantitative estimate of drug-likeness (QED) is 0.703. The van der Waals surface area contributed by atoms with Crippen molar-refractivity contribution in [3.8, 4) is 22.9 Å². The van der Waals surface area contributed by atoms with Crippen LogP contribution in [0.3, 0.4) is 0 Å². The minimum atomic E-state index is 0.657. The van der Waals surface area contributed by atoms with Crippen molar-refractivity contribution in [2.75, 3.05) is 6.61 Å². The zero-order valence-corrected chi connectivity index (χ0v) is 11.8. The van der Waals surface area contributed by atoms with Gasteiger partial charge >= 0.3 is 0 Å². The molecule has 2 heteroatoms. The van der Waals surface area contributed by atoms with Gasteiger partial charge < -0.3 is 4.74 Å². The maximum absolute atomic E-state index is 9.31. The Balaban J connectivity index is 2.15. The Morgan fingerprint density at radius 3 is 2.55 bits per heavy atom. The van der Waals surface area contributed by atoms with Crippen molar-refractivity contribution in [2.24, 2.45) is 0 Å². The molecule has 0 unspecified atom stereocenters. The zero-order valence-electron chi connectivity index (χ0n) is 11.8. The van der Waals surface area contributed by atoms with Crippen LogP contribution in [-0.2, 0) is 0 Å². The summed E-state index contributed by atoms with van der Waals surface area (Å²) in [6.07, 6.45) is 3.41. The smallest absolute Gasteiger partial charge is 0.120 e. The Bertz CT molecular complexity index is 584. The van der Waals surface area contributed by atoms with E-state index in [1.54, 1.807) is 0 Å². The summed E-state index contributed by atoms with van der Waals surface area (Å²) in [5.74, 6) is 0.775. The lowest BCUT2D eigenvalue weighted by Gasteiger charge is -2.09. The molecule has 2 aromatic carbocycles. The summed E-state index contributed by atoms with van der Waals surface area (Å²) in [4.78, 5) is 0. The van der Waals surface area contributed by atoms with Crippen molar-refractivity contribution < 1.29 is 4.74 Å². The highest BCUT2D eigenvalue weighted by Crippen LogP contribution is 2.26. The summed E-state index contributed by atoms with van der Waals surface area (Å²) in [5.41, 5.74) is 2.67. The highest BCUT2D eigenvalue weighted by Gasteiger charge is 2.06. The Hall–Kier alpha value is -2.27. The van der Waals surface area contributed by atoms with Crippen LogP contribution in [0.1, 0.15) is 31.7 Å². The van der Waals surface area contributed by atoms with Crippen LogP contribution in [-0.4, -0.2) is 6.61 Å². The SMILES string of the molecule is CCCCCOc1ccc(-c2ccccc2)c(C#N)c1. The zero-order chi connectivity index (χ0) is 14.2. The number of hydrogen-bond donors (Lipinski definition) is 0. The second-order valence-corrected chi connectivity index (χ2v) is 4.74. The second kappa shape index (κ2) is 7.35. The molecule has 0 spiro atoms. The molecule has 0 N–H and O–H groups in total. The molecular weight excluding hydrogens is 246 g/mol. The first kappa shape index (κ1) is 14.1. The molecule has 0 aliphatic carbocycles. The largest absolute Gasteiger partial charge is 0.494 e. The first-order valence-electron chi connectivity index (χ1n) is 7.07. The van der Waals surface area contributed by atoms with Crippen LogP contribution in [0, 0.1) is 11.3 Å². The number of nitriles is 1. The van der Waals surface area contributed by atoms with Gasteiger partial charge in [0.25, 0.3) is 0 Å². The predicted octanol–water partition coefficient (Wildman–Crippen LogP) is 4.79. The Morgan fingerprint density at radius 2 is 1.85 bits per heavy atom. The van der Waals surface area contributed by atoms with E-state index in [1.807, 2.05) is 48.5 Å². The van der Waals surface area contributed by atoms with Crippen LogP contribution >= 0.6 is 0 Å². The normalized spacial score (nSPS) is 10.0. The Kier molecular flexibility index (Phi) is 5.20. The third-order valence-corrected chi connectivity index (χ3v) is 3.21. The molecule has 0 aliphatic heterocycles. The Morgan fingerprint density at radius 1 is 1.05 bits per heavy atom. The van der Waals surface area contributed by atoms with E-state index >= 15 is 0 Å². The molecule has 20 heavy (non-hydrogen) atoms. The molecule has 0 saturated heterocycles. The van der Waals surface area contributed by atoms with E-state index in [2.05, 4.69) is 13.0 Å². The summed E-state index contributed by atoms with van der Waals surface area (Å²) < 4.78 is 5.69. The lowest BCUT2D eigenvalue weighted by Crippen LogP contribution is -1.97. The molecule has 0 saturated carbocycles. The molecule has 0 aromatic heterocycles. The Labute approximate surface area is 120 Å². The average Bonchev–Trinajstić information content (AvgIpc) is 2.52. The molecule has 0 amide bonds. The number of nitrogens with zero attached hydrogens (tertiary/aromatic N) is 1. The molecule has 0 heterocycles. The van der Waals surface area contributed by atoms with E-state index in [0.29, 0.717) is 12.2 Å². The van der Waals surface area contributed by atoms with Crippen molar-refractivity contribution in [1.29, 1.82) is 5.26 Å². The minimum Gasteiger partial charge on any atom is -0.494 e. The number of benzene rings is 2. The van der Waals surface area contributed by atoms with E-state index in [0.717, 1.165) is 23.3 Å². The number of rotatable bonds is 6. The van der Waals surface area contributed by atoms with Gasteiger partial charge in [0.2, 0.25) is 0 Å². The second-order valence-electron chi connectivity index (χ2n) is 4.74. The summed E-state index contributed by atoms with van der Waals surface area (Å²) in [7, 11) is 0. The topological polar surface area (TPSA) is 33.0 Å². The van der Waals surface area contributed by atoms with Crippen molar-refractivity contribution in [1.82, 2.24) is 0 Å². The fourth-order valence-electron chi connectivity index (χ4n) is 2.12. The summed E-state index contributed by atoms with van der Waals surface area (Å²) in [6.45, 7) is 2.88. The lowest BCUT2D eigenvalue weighted by molar-refractivity contribution is 0.306. The molecule has 0 bridgehead atoms. The molecule has 0 atom stereocenters. The van der Waals surface area contributed by atoms with Crippen molar-refractivity contribution in [3.05, 3.63) is 54.1 Å². The van der Waals surface area contributed by atoms with Gasteiger partial charge in [-0.15, -0.1) is 0 Å². The van der Waals surface area contributed by atoms with Gasteiger partial charge in [-0.2, -0.15) is 5.26 Å². The maximum atomic E-state index is 9.31. The van der Waals surface area contributed by atoms with Gasteiger partial charge in [-0.3, -0.25) is 0 Å². The van der Waals surface area contributed by atoms with Gasteiger partial charge in [-0.1, -0.05) is 50.1 Å². The maximum Gasteiger partial charge on any atom is 0.120 e. The van der Waals surface area contributed by atoms with Crippen LogP contribution in [0.2, 0.25) is 0 Å². The van der Waals surface area contributed by atoms with Crippen molar-refractivity contribution >= 4 is 0 Å². The summed E-state index contributed by atoms with van der Waals surface area (Å²) >= 11 is 0. The van der Waals surface area contributed by atoms with E-state index in [1.165, 1.54) is 12.8 Å². The monoisotopic (exact) mass is 265 g/mol. The standard InChI is InChI=1S/C18H19NO/c1-2-3-7-12-20-17-10-11-18(16(13-17)14-19)15-8-5-4-6-9-15/h4-6,8-11,13H,2-3,7,12H2,1H3. The summed E-state index contributed by atoms with van der Waals surface area (Å²) in [5, 5.41) is 9.31. The van der Waals surface area contributed by atoms with Crippen LogP contribution < -0.4 is 4.74 Å². The van der Waals surface area contributed by atoms with E-state index in [-0.39, 0.29) is 0 Å². The van der Waals surface area contributed by atoms with Gasteiger partial charge in [0.15, 0.2) is 0 Å². The molecular formula is C18H19NO. The lowest BCUT2D eigenvalue weighted by atomic mass is 10.0. The fraction of sp³-hybridized carbons (Fsp3) is 0.278. The van der Waals surface area contributed by atoms with Gasteiger partial charge in [0.1, 0.15) is 5.75 Å². The van der Waals surface area contributed by atoms with E-state index < -0.39 is 0 Å². The third-order valence-electron chi connectivity index (χ3n) is 3.21. The molecule has 2 nitrogen and oxygen atoms in total. The van der Waals surface area contributed by atoms with Gasteiger partial charge in [-0.05, 0) is 35.7 Å². The first-order valence-corrected chi connectivity index (χ1v) is 7.07. The summed E-state index contributed by atoms with van der Waals surface area (Å²) in [6, 6.07) is 17.9. The van der Waals surface area contributed by atoms with Gasteiger partial charge in [-0.25, -0.2) is 0 Å². The van der Waals surface area contributed by atoms with Crippen LogP contribution in [0.4, 0.5) is 0 Å². The van der Waals surface area contributed by atoms with Crippen molar-refractivity contribution in [3.63, 3.8) is 0 Å². The minimum absolute atomic E-state index is 0.657. The highest BCUT2D eigenvalue weighted by atomic mass is 16.5. The molecule has 2 rings (SSSR count). The number of unbranched alkanes of at least 4 members (excludes halogenated alkanes) is 2. The predicted molar refractivity (Wildman–Crippen MR) is 81.6 cm³/mol. The molecule has 2 aromatic rings. The molecule has 102 valence electrons. The van der Waals surface area contributed by atoms with Crippen LogP contribution in [0.25, 0.3) is 11.1 Å². The molecule has 0 fully saturated rings. The number of ether oxygens (including phenoxy) is 1. The van der Waals surface area contributed by atoms with Crippen LogP contribution in [0.5, 0.6) is 5.75 Å². The van der Waals surface area contributed by atoms with E-state index in [4.69, 9.17) is 4.74 Å². The third kappa shape index (κ3) is 3.61. The molecule has 0 aliphatic rings. The van der Waals surface area contributed by atoms with Crippen molar-refractivity contribution in [2.45, 2.75) is 26.2 Å². The van der Waals surface area contributed by atoms with Crippen LogP contribution in [0.15, 0.2) is 48.5 Å². The average molecular weight is 265 g/mol. The van der Waals surface area contributed by atoms with E-state index in [9.17, 15) is 5.26 Å².